The lowest BCUT2D eigenvalue weighted by Crippen LogP contribution is -2.28. The summed E-state index contributed by atoms with van der Waals surface area (Å²) in [6, 6.07) is 10.7. The zero-order chi connectivity index (χ0) is 19.2. The van der Waals surface area contributed by atoms with Gasteiger partial charge in [0.25, 0.3) is 0 Å². The number of hydrogen-bond acceptors (Lipinski definition) is 3. The minimum absolute atomic E-state index is 0.0859. The first-order valence-corrected chi connectivity index (χ1v) is 9.52. The van der Waals surface area contributed by atoms with E-state index in [2.05, 4.69) is 83.7 Å². The molecule has 1 unspecified atom stereocenters. The number of unbranched alkanes of at least 4 members (excludes halogenated alkanes) is 1. The molecule has 2 heterocycles. The van der Waals surface area contributed by atoms with Gasteiger partial charge >= 0.3 is 0 Å². The highest BCUT2D eigenvalue weighted by Crippen LogP contribution is 2.23. The van der Waals surface area contributed by atoms with E-state index >= 15 is 0 Å². The number of rotatable bonds is 6. The predicted octanol–water partition coefficient (Wildman–Crippen LogP) is 4.74. The van der Waals surface area contributed by atoms with E-state index in [0.717, 1.165) is 29.8 Å². The highest BCUT2D eigenvalue weighted by molar-refractivity contribution is 6.01. The van der Waals surface area contributed by atoms with E-state index in [0.29, 0.717) is 0 Å². The Hall–Kier alpha value is -2.88. The molecule has 4 nitrogen and oxygen atoms in total. The van der Waals surface area contributed by atoms with Gasteiger partial charge in [0.15, 0.2) is 0 Å². The van der Waals surface area contributed by atoms with E-state index in [1.54, 1.807) is 0 Å². The van der Waals surface area contributed by atoms with Gasteiger partial charge in [-0.3, -0.25) is 9.98 Å². The second-order valence-corrected chi connectivity index (χ2v) is 6.88. The second kappa shape index (κ2) is 8.67. The van der Waals surface area contributed by atoms with Crippen LogP contribution in [-0.2, 0) is 7.05 Å². The van der Waals surface area contributed by atoms with Gasteiger partial charge in [0.2, 0.25) is 0 Å². The maximum atomic E-state index is 4.91. The number of nitrogens with zero attached hydrogens (tertiary/aromatic N) is 3. The fraction of sp³-hybridized carbons (Fsp3) is 0.304. The summed E-state index contributed by atoms with van der Waals surface area (Å²) in [5, 5.41) is 3.40. The molecule has 1 aliphatic rings. The highest BCUT2D eigenvalue weighted by atomic mass is 15.0. The van der Waals surface area contributed by atoms with E-state index in [9.17, 15) is 0 Å². The third-order valence-electron chi connectivity index (χ3n) is 4.69. The van der Waals surface area contributed by atoms with Crippen LogP contribution in [0.5, 0.6) is 0 Å². The van der Waals surface area contributed by atoms with Gasteiger partial charge in [-0.1, -0.05) is 37.6 Å². The van der Waals surface area contributed by atoms with Crippen LogP contribution in [0.2, 0.25) is 0 Å². The van der Waals surface area contributed by atoms with Gasteiger partial charge in [0.05, 0.1) is 6.04 Å². The summed E-state index contributed by atoms with van der Waals surface area (Å²) >= 11 is 0. The molecule has 27 heavy (non-hydrogen) atoms. The first-order chi connectivity index (χ1) is 13.1. The maximum absolute atomic E-state index is 4.91. The number of hydrogen-bond donors (Lipinski definition) is 1. The molecule has 1 aromatic carbocycles. The molecule has 0 bridgehead atoms. The average molecular weight is 361 g/mol. The lowest BCUT2D eigenvalue weighted by molar-refractivity contribution is 0.836. The van der Waals surface area contributed by atoms with Crippen LogP contribution in [0.1, 0.15) is 32.3 Å². The van der Waals surface area contributed by atoms with Crippen molar-refractivity contribution in [1.29, 1.82) is 0 Å². The standard InChI is InChI=1S/C23H28N4/c1-5-6-8-20(14-24-3)22-15-25-23(26-17(22)2)19-10-7-9-18(13-19)21-11-12-27(4)16-21/h7-17H,5-6H2,1-4H3,(H,25,26)/b20-8+,24-14?. The van der Waals surface area contributed by atoms with Gasteiger partial charge in [-0.15, -0.1) is 0 Å². The number of allylic oxidation sites excluding steroid dienone is 1. The first kappa shape index (κ1) is 18.9. The van der Waals surface area contributed by atoms with Crippen LogP contribution < -0.4 is 5.32 Å². The van der Waals surface area contributed by atoms with Crippen LogP contribution in [-0.4, -0.2) is 29.7 Å². The van der Waals surface area contributed by atoms with E-state index in [-0.39, 0.29) is 6.04 Å². The van der Waals surface area contributed by atoms with Crippen LogP contribution in [0.15, 0.2) is 76.1 Å². The molecule has 1 aromatic heterocycles. The number of aromatic nitrogens is 1. The number of aryl methyl sites for hydroxylation is 1. The Bertz CT molecular complexity index is 912. The third kappa shape index (κ3) is 4.45. The molecule has 0 radical (unpaired) electrons. The SMILES string of the molecule is CCC/C=C(\C=NC)C1=CNC(c2cccc(-c3ccn(C)c3)c2)=NC1C. The van der Waals surface area contributed by atoms with Crippen molar-refractivity contribution < 1.29 is 0 Å². The Morgan fingerprint density at radius 2 is 2.07 bits per heavy atom. The zero-order valence-electron chi connectivity index (χ0n) is 16.6. The minimum atomic E-state index is 0.0859. The molecular formula is C23H28N4. The third-order valence-corrected chi connectivity index (χ3v) is 4.69. The van der Waals surface area contributed by atoms with Crippen LogP contribution >= 0.6 is 0 Å². The molecule has 0 fully saturated rings. The van der Waals surface area contributed by atoms with Crippen molar-refractivity contribution in [2.24, 2.45) is 17.0 Å². The van der Waals surface area contributed by atoms with Gasteiger partial charge in [-0.05, 0) is 42.2 Å². The van der Waals surface area contributed by atoms with Crippen LogP contribution in [0.25, 0.3) is 11.1 Å². The quantitative estimate of drug-likeness (QED) is 0.743. The predicted molar refractivity (Wildman–Crippen MR) is 115 cm³/mol. The van der Waals surface area contributed by atoms with Crippen molar-refractivity contribution >= 4 is 12.1 Å². The van der Waals surface area contributed by atoms with Gasteiger partial charge in [0, 0.05) is 50.0 Å². The number of aliphatic imine (C=N–C) groups is 2. The monoisotopic (exact) mass is 360 g/mol. The van der Waals surface area contributed by atoms with Crippen molar-refractivity contribution in [3.63, 3.8) is 0 Å². The van der Waals surface area contributed by atoms with E-state index in [1.165, 1.54) is 16.7 Å². The highest BCUT2D eigenvalue weighted by Gasteiger charge is 2.18. The lowest BCUT2D eigenvalue weighted by atomic mass is 9.98. The molecule has 0 saturated heterocycles. The Labute approximate surface area is 162 Å². The Morgan fingerprint density at radius 1 is 1.26 bits per heavy atom. The van der Waals surface area contributed by atoms with E-state index in [4.69, 9.17) is 4.99 Å². The molecule has 0 saturated carbocycles. The van der Waals surface area contributed by atoms with Gasteiger partial charge in [-0.25, -0.2) is 0 Å². The summed E-state index contributed by atoms with van der Waals surface area (Å²) in [5.74, 6) is 0.910. The fourth-order valence-electron chi connectivity index (χ4n) is 3.25. The number of nitrogens with one attached hydrogen (secondary N) is 1. The van der Waals surface area contributed by atoms with Crippen molar-refractivity contribution in [3.8, 4) is 11.1 Å². The maximum Gasteiger partial charge on any atom is 0.132 e. The molecule has 1 N–H and O–H groups in total. The summed E-state index contributed by atoms with van der Waals surface area (Å²) < 4.78 is 2.06. The Kier molecular flexibility index (Phi) is 6.07. The normalized spacial score (nSPS) is 17.6. The van der Waals surface area contributed by atoms with Gasteiger partial charge < -0.3 is 9.88 Å². The molecule has 1 aliphatic heterocycles. The second-order valence-electron chi connectivity index (χ2n) is 6.88. The molecule has 0 spiro atoms. The molecule has 4 heteroatoms. The molecular weight excluding hydrogens is 332 g/mol. The molecule has 2 aromatic rings. The van der Waals surface area contributed by atoms with Gasteiger partial charge in [-0.2, -0.15) is 0 Å². The summed E-state index contributed by atoms with van der Waals surface area (Å²) in [4.78, 5) is 9.13. The minimum Gasteiger partial charge on any atom is -0.357 e. The fourth-order valence-corrected chi connectivity index (χ4v) is 3.25. The van der Waals surface area contributed by atoms with Crippen LogP contribution in [0.4, 0.5) is 0 Å². The van der Waals surface area contributed by atoms with Crippen molar-refractivity contribution in [2.75, 3.05) is 7.05 Å². The van der Waals surface area contributed by atoms with Crippen molar-refractivity contribution in [2.45, 2.75) is 32.7 Å². The van der Waals surface area contributed by atoms with E-state index in [1.807, 2.05) is 20.3 Å². The van der Waals surface area contributed by atoms with Crippen molar-refractivity contribution in [3.05, 3.63) is 71.7 Å². The number of amidine groups is 1. The lowest BCUT2D eigenvalue weighted by Gasteiger charge is -2.21. The smallest absolute Gasteiger partial charge is 0.132 e. The first-order valence-electron chi connectivity index (χ1n) is 9.52. The summed E-state index contributed by atoms with van der Waals surface area (Å²) in [6.45, 7) is 4.32. The largest absolute Gasteiger partial charge is 0.357 e. The van der Waals surface area contributed by atoms with Crippen LogP contribution in [0.3, 0.4) is 0 Å². The van der Waals surface area contributed by atoms with Gasteiger partial charge in [0.1, 0.15) is 5.84 Å². The topological polar surface area (TPSA) is 41.7 Å². The zero-order valence-corrected chi connectivity index (χ0v) is 16.6. The molecule has 0 amide bonds. The van der Waals surface area contributed by atoms with E-state index < -0.39 is 0 Å². The summed E-state index contributed by atoms with van der Waals surface area (Å²) in [6.07, 6.45) is 12.6. The van der Waals surface area contributed by atoms with Crippen molar-refractivity contribution in [1.82, 2.24) is 9.88 Å². The summed E-state index contributed by atoms with van der Waals surface area (Å²) in [5.41, 5.74) is 5.84. The number of benzene rings is 1. The molecule has 3 rings (SSSR count). The molecule has 1 atom stereocenters. The van der Waals surface area contributed by atoms with Crippen LogP contribution in [0, 0.1) is 0 Å². The Morgan fingerprint density at radius 3 is 2.74 bits per heavy atom. The molecule has 140 valence electrons. The Balaban J connectivity index is 1.84. The summed E-state index contributed by atoms with van der Waals surface area (Å²) in [7, 11) is 3.85. The molecule has 0 aliphatic carbocycles. The average Bonchev–Trinajstić information content (AvgIpc) is 3.12.